The highest BCUT2D eigenvalue weighted by Crippen LogP contribution is 2.15. The fourth-order valence-corrected chi connectivity index (χ4v) is 1.49. The number of nitrogens with one attached hydrogen (secondary N) is 1. The van der Waals surface area contributed by atoms with Crippen LogP contribution >= 0.6 is 0 Å². The van der Waals surface area contributed by atoms with Crippen LogP contribution in [-0.4, -0.2) is 5.91 Å². The van der Waals surface area contributed by atoms with E-state index in [2.05, 4.69) is 5.32 Å². The summed E-state index contributed by atoms with van der Waals surface area (Å²) in [6.45, 7) is 1.61. The van der Waals surface area contributed by atoms with E-state index in [9.17, 15) is 13.6 Å². The molecule has 2 rings (SSSR count). The largest absolute Gasteiger partial charge is 0.319 e. The lowest BCUT2D eigenvalue weighted by atomic mass is 10.1. The first-order chi connectivity index (χ1) is 8.58. The summed E-state index contributed by atoms with van der Waals surface area (Å²) in [5.74, 6) is -1.53. The Morgan fingerprint density at radius 2 is 1.78 bits per heavy atom. The summed E-state index contributed by atoms with van der Waals surface area (Å²) in [7, 11) is 0. The molecule has 1 N–H and O–H groups in total. The summed E-state index contributed by atoms with van der Waals surface area (Å²) >= 11 is 0. The molecule has 4 heteroatoms. The molecule has 0 bridgehead atoms. The van der Waals surface area contributed by atoms with E-state index in [1.807, 2.05) is 0 Å². The molecule has 0 saturated carbocycles. The average Bonchev–Trinajstić information content (AvgIpc) is 2.35. The zero-order valence-electron chi connectivity index (χ0n) is 9.71. The van der Waals surface area contributed by atoms with Gasteiger partial charge in [0, 0.05) is 5.56 Å². The first-order valence-electron chi connectivity index (χ1n) is 5.40. The zero-order chi connectivity index (χ0) is 13.1. The van der Waals surface area contributed by atoms with E-state index in [-0.39, 0.29) is 11.3 Å². The van der Waals surface area contributed by atoms with Crippen LogP contribution < -0.4 is 5.32 Å². The maximum absolute atomic E-state index is 13.3. The normalized spacial score (nSPS) is 10.2. The number of para-hydroxylation sites is 1. The van der Waals surface area contributed by atoms with Gasteiger partial charge in [-0.1, -0.05) is 18.2 Å². The van der Waals surface area contributed by atoms with Crippen molar-refractivity contribution in [1.82, 2.24) is 0 Å². The summed E-state index contributed by atoms with van der Waals surface area (Å²) < 4.78 is 26.6. The van der Waals surface area contributed by atoms with Gasteiger partial charge < -0.3 is 5.32 Å². The van der Waals surface area contributed by atoms with Crippen molar-refractivity contribution in [3.8, 4) is 0 Å². The highest BCUT2D eigenvalue weighted by molar-refractivity contribution is 6.04. The molecule has 18 heavy (non-hydrogen) atoms. The van der Waals surface area contributed by atoms with Crippen molar-refractivity contribution in [2.45, 2.75) is 6.92 Å². The molecule has 2 aromatic carbocycles. The third-order valence-electron chi connectivity index (χ3n) is 2.56. The van der Waals surface area contributed by atoms with E-state index in [4.69, 9.17) is 0 Å². The third kappa shape index (κ3) is 2.53. The quantitative estimate of drug-likeness (QED) is 0.864. The number of amides is 1. The second kappa shape index (κ2) is 4.96. The summed E-state index contributed by atoms with van der Waals surface area (Å²) in [5.41, 5.74) is 0.683. The molecule has 1 amide bonds. The highest BCUT2D eigenvalue weighted by atomic mass is 19.1. The van der Waals surface area contributed by atoms with Crippen LogP contribution in [0.25, 0.3) is 0 Å². The van der Waals surface area contributed by atoms with Crippen LogP contribution in [-0.2, 0) is 0 Å². The molecule has 0 fully saturated rings. The second-order valence-corrected chi connectivity index (χ2v) is 3.90. The molecule has 0 aromatic heterocycles. The monoisotopic (exact) mass is 247 g/mol. The van der Waals surface area contributed by atoms with Crippen LogP contribution in [0.5, 0.6) is 0 Å². The van der Waals surface area contributed by atoms with Gasteiger partial charge in [-0.15, -0.1) is 0 Å². The number of carbonyl (C=O) groups is 1. The van der Waals surface area contributed by atoms with E-state index < -0.39 is 17.5 Å². The Balaban J connectivity index is 2.22. The van der Waals surface area contributed by atoms with Gasteiger partial charge in [-0.25, -0.2) is 8.78 Å². The molecule has 0 atom stereocenters. The van der Waals surface area contributed by atoms with Crippen molar-refractivity contribution in [1.29, 1.82) is 0 Å². The first kappa shape index (κ1) is 12.2. The molecule has 0 aliphatic rings. The Morgan fingerprint density at radius 1 is 1.06 bits per heavy atom. The smallest absolute Gasteiger partial charge is 0.255 e. The summed E-state index contributed by atoms with van der Waals surface area (Å²) in [4.78, 5) is 11.8. The second-order valence-electron chi connectivity index (χ2n) is 3.90. The number of rotatable bonds is 2. The van der Waals surface area contributed by atoms with Crippen LogP contribution in [0.2, 0.25) is 0 Å². The van der Waals surface area contributed by atoms with Crippen LogP contribution in [0.1, 0.15) is 15.9 Å². The van der Waals surface area contributed by atoms with Crippen molar-refractivity contribution < 1.29 is 13.6 Å². The van der Waals surface area contributed by atoms with Gasteiger partial charge in [0.15, 0.2) is 0 Å². The summed E-state index contributed by atoms with van der Waals surface area (Å²) in [6, 6.07) is 9.94. The van der Waals surface area contributed by atoms with Crippen molar-refractivity contribution in [2.24, 2.45) is 0 Å². The zero-order valence-corrected chi connectivity index (χ0v) is 9.71. The van der Waals surface area contributed by atoms with Gasteiger partial charge in [-0.2, -0.15) is 0 Å². The minimum absolute atomic E-state index is 0.0727. The van der Waals surface area contributed by atoms with E-state index in [1.165, 1.54) is 30.3 Å². The maximum Gasteiger partial charge on any atom is 0.255 e. The molecular formula is C14H11F2NO. The Labute approximate surface area is 103 Å². The molecule has 0 radical (unpaired) electrons. The number of hydrogen-bond acceptors (Lipinski definition) is 1. The van der Waals surface area contributed by atoms with E-state index in [0.717, 1.165) is 6.07 Å². The molecule has 0 heterocycles. The third-order valence-corrected chi connectivity index (χ3v) is 2.56. The highest BCUT2D eigenvalue weighted by Gasteiger charge is 2.10. The van der Waals surface area contributed by atoms with Crippen molar-refractivity contribution in [3.63, 3.8) is 0 Å². The predicted molar refractivity (Wildman–Crippen MR) is 65.5 cm³/mol. The average molecular weight is 247 g/mol. The van der Waals surface area contributed by atoms with Crippen LogP contribution in [0.3, 0.4) is 0 Å². The van der Waals surface area contributed by atoms with E-state index >= 15 is 0 Å². The molecule has 0 aliphatic carbocycles. The van der Waals surface area contributed by atoms with Gasteiger partial charge >= 0.3 is 0 Å². The van der Waals surface area contributed by atoms with Gasteiger partial charge in [0.05, 0.1) is 5.69 Å². The summed E-state index contributed by atoms with van der Waals surface area (Å²) in [5, 5.41) is 2.39. The van der Waals surface area contributed by atoms with E-state index in [1.54, 1.807) is 13.0 Å². The predicted octanol–water partition coefficient (Wildman–Crippen LogP) is 3.53. The lowest BCUT2D eigenvalue weighted by Gasteiger charge is -2.06. The van der Waals surface area contributed by atoms with Crippen LogP contribution in [0.15, 0.2) is 42.5 Å². The minimum atomic E-state index is -0.543. The number of carbonyl (C=O) groups excluding carboxylic acids is 1. The minimum Gasteiger partial charge on any atom is -0.319 e. The van der Waals surface area contributed by atoms with Crippen LogP contribution in [0.4, 0.5) is 14.5 Å². The molecule has 2 nitrogen and oxygen atoms in total. The summed E-state index contributed by atoms with van der Waals surface area (Å²) in [6.07, 6.45) is 0. The standard InChI is InChI=1S/C14H11F2NO/c1-9-6-7-10(8-12(9)16)14(18)17-13-5-3-2-4-11(13)15/h2-8H,1H3,(H,17,18). The Hall–Kier alpha value is -2.23. The molecule has 92 valence electrons. The molecular weight excluding hydrogens is 236 g/mol. The lowest BCUT2D eigenvalue weighted by molar-refractivity contribution is 0.102. The Bertz CT molecular complexity index is 596. The molecule has 0 spiro atoms. The molecule has 2 aromatic rings. The molecule has 0 saturated heterocycles. The SMILES string of the molecule is Cc1ccc(C(=O)Nc2ccccc2F)cc1F. The molecule has 0 unspecified atom stereocenters. The first-order valence-corrected chi connectivity index (χ1v) is 5.40. The lowest BCUT2D eigenvalue weighted by Crippen LogP contribution is -2.13. The Kier molecular flexibility index (Phi) is 3.37. The Morgan fingerprint density at radius 3 is 2.44 bits per heavy atom. The number of aryl methyl sites for hydroxylation is 1. The van der Waals surface area contributed by atoms with Gasteiger partial charge in [0.2, 0.25) is 0 Å². The molecule has 0 aliphatic heterocycles. The van der Waals surface area contributed by atoms with Gasteiger partial charge in [0.1, 0.15) is 11.6 Å². The van der Waals surface area contributed by atoms with Crippen LogP contribution in [0, 0.1) is 18.6 Å². The van der Waals surface area contributed by atoms with Gasteiger partial charge in [-0.05, 0) is 36.8 Å². The maximum atomic E-state index is 13.3. The van der Waals surface area contributed by atoms with Crippen molar-refractivity contribution >= 4 is 11.6 Å². The van der Waals surface area contributed by atoms with Crippen molar-refractivity contribution in [2.75, 3.05) is 5.32 Å². The van der Waals surface area contributed by atoms with Gasteiger partial charge in [-0.3, -0.25) is 4.79 Å². The fourth-order valence-electron chi connectivity index (χ4n) is 1.49. The number of anilines is 1. The van der Waals surface area contributed by atoms with Gasteiger partial charge in [0.25, 0.3) is 5.91 Å². The number of hydrogen-bond donors (Lipinski definition) is 1. The van der Waals surface area contributed by atoms with Crippen molar-refractivity contribution in [3.05, 3.63) is 65.2 Å². The topological polar surface area (TPSA) is 29.1 Å². The fraction of sp³-hybridized carbons (Fsp3) is 0.0714. The number of halogens is 2. The number of benzene rings is 2. The van der Waals surface area contributed by atoms with E-state index in [0.29, 0.717) is 5.56 Å².